The number of hydrogen-bond acceptors (Lipinski definition) is 3. The average Bonchev–Trinajstić information content (AvgIpc) is 3.09. The molecule has 1 saturated carbocycles. The molecule has 0 bridgehead atoms. The second-order valence-electron chi connectivity index (χ2n) is 7.94. The zero-order valence-electron chi connectivity index (χ0n) is 15.2. The zero-order chi connectivity index (χ0) is 18.1. The highest BCUT2D eigenvalue weighted by Crippen LogP contribution is 2.46. The van der Waals surface area contributed by atoms with Crippen LogP contribution < -0.4 is 4.90 Å². The highest BCUT2D eigenvalue weighted by atomic mass is 79.9. The van der Waals surface area contributed by atoms with Crippen LogP contribution in [0.15, 0.2) is 34.2 Å². The monoisotopic (exact) mass is 436 g/mol. The molecule has 2 aliphatic rings. The SMILES string of the molecule is CC1CCC(C2CCN(c3ccccc3F)CC2)CC1c1ncc(Br)s1. The fourth-order valence-electron chi connectivity index (χ4n) is 4.89. The van der Waals surface area contributed by atoms with Crippen molar-refractivity contribution in [3.63, 3.8) is 0 Å². The summed E-state index contributed by atoms with van der Waals surface area (Å²) in [5.74, 6) is 2.81. The van der Waals surface area contributed by atoms with Crippen molar-refractivity contribution in [2.75, 3.05) is 18.0 Å². The van der Waals surface area contributed by atoms with E-state index in [4.69, 9.17) is 0 Å². The Morgan fingerprint density at radius 2 is 1.88 bits per heavy atom. The smallest absolute Gasteiger partial charge is 0.146 e. The molecule has 3 unspecified atom stereocenters. The summed E-state index contributed by atoms with van der Waals surface area (Å²) < 4.78 is 15.2. The maximum absolute atomic E-state index is 14.1. The van der Waals surface area contributed by atoms with Gasteiger partial charge in [0.15, 0.2) is 0 Å². The summed E-state index contributed by atoms with van der Waals surface area (Å²) in [6.07, 6.45) is 8.23. The molecule has 1 aromatic carbocycles. The number of rotatable bonds is 3. The van der Waals surface area contributed by atoms with Crippen LogP contribution in [0, 0.1) is 23.6 Å². The normalized spacial score (nSPS) is 27.7. The third-order valence-corrected chi connectivity index (χ3v) is 8.06. The van der Waals surface area contributed by atoms with Gasteiger partial charge in [0.25, 0.3) is 0 Å². The number of benzene rings is 1. The molecule has 1 aromatic heterocycles. The lowest BCUT2D eigenvalue weighted by Crippen LogP contribution is -2.38. The molecule has 3 atom stereocenters. The molecule has 1 saturated heterocycles. The first kappa shape index (κ1) is 18.4. The van der Waals surface area contributed by atoms with E-state index in [0.717, 1.165) is 40.3 Å². The number of para-hydroxylation sites is 1. The van der Waals surface area contributed by atoms with E-state index in [9.17, 15) is 4.39 Å². The molecule has 1 aliphatic carbocycles. The molecule has 0 amide bonds. The molecule has 2 heterocycles. The molecule has 4 rings (SSSR count). The Morgan fingerprint density at radius 1 is 1.12 bits per heavy atom. The number of hydrogen-bond donors (Lipinski definition) is 0. The fraction of sp³-hybridized carbons (Fsp3) is 0.571. The lowest BCUT2D eigenvalue weighted by atomic mass is 9.68. The number of halogens is 2. The first-order valence-corrected chi connectivity index (χ1v) is 11.3. The molecular formula is C21H26BrFN2S. The average molecular weight is 437 g/mol. The molecule has 0 radical (unpaired) electrons. The van der Waals surface area contributed by atoms with Crippen LogP contribution in [0.3, 0.4) is 0 Å². The third-order valence-electron chi connectivity index (χ3n) is 6.45. The number of piperidine rings is 1. The van der Waals surface area contributed by atoms with Crippen LogP contribution in [0.4, 0.5) is 10.1 Å². The molecule has 140 valence electrons. The molecule has 2 fully saturated rings. The van der Waals surface area contributed by atoms with Crippen molar-refractivity contribution in [2.24, 2.45) is 17.8 Å². The lowest BCUT2D eigenvalue weighted by molar-refractivity contribution is 0.165. The Kier molecular flexibility index (Phi) is 5.65. The van der Waals surface area contributed by atoms with E-state index in [0.29, 0.717) is 5.92 Å². The molecule has 0 spiro atoms. The summed E-state index contributed by atoms with van der Waals surface area (Å²) >= 11 is 5.37. The number of nitrogens with zero attached hydrogens (tertiary/aromatic N) is 2. The standard InChI is InChI=1S/C21H26BrFN2S/c1-14-6-7-16(12-17(14)21-24-13-20(22)26-21)15-8-10-25(11-9-15)19-5-3-2-4-18(19)23/h2-5,13-17H,6-12H2,1H3. The molecule has 1 aliphatic heterocycles. The third kappa shape index (κ3) is 3.84. The van der Waals surface area contributed by atoms with E-state index in [1.54, 1.807) is 23.5 Å². The van der Waals surface area contributed by atoms with Gasteiger partial charge in [-0.3, -0.25) is 0 Å². The van der Waals surface area contributed by atoms with Crippen molar-refractivity contribution in [3.05, 3.63) is 45.1 Å². The van der Waals surface area contributed by atoms with E-state index < -0.39 is 0 Å². The van der Waals surface area contributed by atoms with Gasteiger partial charge in [-0.05, 0) is 77.9 Å². The maximum atomic E-state index is 14.1. The van der Waals surface area contributed by atoms with Gasteiger partial charge in [-0.15, -0.1) is 11.3 Å². The van der Waals surface area contributed by atoms with Gasteiger partial charge in [-0.25, -0.2) is 9.37 Å². The van der Waals surface area contributed by atoms with Crippen LogP contribution in [-0.2, 0) is 0 Å². The minimum atomic E-state index is -0.0909. The summed E-state index contributed by atoms with van der Waals surface area (Å²) in [5.41, 5.74) is 0.772. The summed E-state index contributed by atoms with van der Waals surface area (Å²) in [6, 6.07) is 7.19. The van der Waals surface area contributed by atoms with Crippen molar-refractivity contribution < 1.29 is 4.39 Å². The Balaban J connectivity index is 1.39. The van der Waals surface area contributed by atoms with Gasteiger partial charge in [0.05, 0.1) is 20.7 Å². The fourth-order valence-corrected chi connectivity index (χ4v) is 6.38. The van der Waals surface area contributed by atoms with Gasteiger partial charge in [-0.1, -0.05) is 19.1 Å². The van der Waals surface area contributed by atoms with Crippen LogP contribution in [0.2, 0.25) is 0 Å². The number of aromatic nitrogens is 1. The number of anilines is 1. The van der Waals surface area contributed by atoms with Gasteiger partial charge in [0.1, 0.15) is 5.82 Å². The van der Waals surface area contributed by atoms with Gasteiger partial charge >= 0.3 is 0 Å². The molecule has 0 N–H and O–H groups in total. The van der Waals surface area contributed by atoms with E-state index in [2.05, 4.69) is 32.7 Å². The Hall–Kier alpha value is -0.940. The lowest BCUT2D eigenvalue weighted by Gasteiger charge is -2.41. The predicted molar refractivity (Wildman–Crippen MR) is 110 cm³/mol. The van der Waals surface area contributed by atoms with E-state index in [-0.39, 0.29) is 5.82 Å². The van der Waals surface area contributed by atoms with Gasteiger partial charge in [0.2, 0.25) is 0 Å². The van der Waals surface area contributed by atoms with Gasteiger partial charge in [-0.2, -0.15) is 0 Å². The van der Waals surface area contributed by atoms with Crippen molar-refractivity contribution in [1.82, 2.24) is 4.98 Å². The second kappa shape index (κ2) is 7.97. The van der Waals surface area contributed by atoms with E-state index >= 15 is 0 Å². The molecule has 2 nitrogen and oxygen atoms in total. The van der Waals surface area contributed by atoms with Crippen molar-refractivity contribution in [1.29, 1.82) is 0 Å². The topological polar surface area (TPSA) is 16.1 Å². The maximum Gasteiger partial charge on any atom is 0.146 e. The quantitative estimate of drug-likeness (QED) is 0.546. The summed E-state index contributed by atoms with van der Waals surface area (Å²) in [5, 5.41) is 1.30. The largest absolute Gasteiger partial charge is 0.369 e. The van der Waals surface area contributed by atoms with Gasteiger partial charge < -0.3 is 4.90 Å². The minimum Gasteiger partial charge on any atom is -0.369 e. The van der Waals surface area contributed by atoms with Gasteiger partial charge in [0, 0.05) is 19.0 Å². The molecular weight excluding hydrogens is 411 g/mol. The van der Waals surface area contributed by atoms with Crippen molar-refractivity contribution >= 4 is 33.0 Å². The van der Waals surface area contributed by atoms with Crippen LogP contribution in [0.5, 0.6) is 0 Å². The Labute approximate surface area is 168 Å². The van der Waals surface area contributed by atoms with Crippen LogP contribution in [0.1, 0.15) is 50.0 Å². The highest BCUT2D eigenvalue weighted by Gasteiger charge is 2.36. The van der Waals surface area contributed by atoms with Crippen molar-refractivity contribution in [3.8, 4) is 0 Å². The number of thiazole rings is 1. The first-order chi connectivity index (χ1) is 12.6. The Bertz CT molecular complexity index is 741. The van der Waals surface area contributed by atoms with E-state index in [1.807, 2.05) is 18.3 Å². The minimum absolute atomic E-state index is 0.0909. The molecule has 2 aromatic rings. The molecule has 5 heteroatoms. The Morgan fingerprint density at radius 3 is 2.58 bits per heavy atom. The van der Waals surface area contributed by atoms with Crippen LogP contribution in [-0.4, -0.2) is 18.1 Å². The zero-order valence-corrected chi connectivity index (χ0v) is 17.6. The van der Waals surface area contributed by atoms with Crippen molar-refractivity contribution in [2.45, 2.75) is 44.9 Å². The van der Waals surface area contributed by atoms with Crippen LogP contribution >= 0.6 is 27.3 Å². The summed E-state index contributed by atoms with van der Waals surface area (Å²) in [6.45, 7) is 4.34. The first-order valence-electron chi connectivity index (χ1n) is 9.72. The summed E-state index contributed by atoms with van der Waals surface area (Å²) in [4.78, 5) is 6.88. The summed E-state index contributed by atoms with van der Waals surface area (Å²) in [7, 11) is 0. The molecule has 26 heavy (non-hydrogen) atoms. The van der Waals surface area contributed by atoms with Crippen LogP contribution in [0.25, 0.3) is 0 Å². The highest BCUT2D eigenvalue weighted by molar-refractivity contribution is 9.11. The predicted octanol–water partition coefficient (Wildman–Crippen LogP) is 6.48. The van der Waals surface area contributed by atoms with E-state index in [1.165, 1.54) is 37.1 Å². The second-order valence-corrected chi connectivity index (χ2v) is 10.4.